The molecule has 3 N–H and O–H groups in total. The Bertz CT molecular complexity index is 1170. The summed E-state index contributed by atoms with van der Waals surface area (Å²) in [5.41, 5.74) is 2.53. The molecular formula is C25H29F3N4O3. The first kappa shape index (κ1) is 24.8. The van der Waals surface area contributed by atoms with E-state index in [9.17, 15) is 18.0 Å². The molecule has 2 atom stereocenters. The van der Waals surface area contributed by atoms with E-state index in [-0.39, 0.29) is 30.9 Å². The van der Waals surface area contributed by atoms with Gasteiger partial charge in [-0.25, -0.2) is 4.98 Å². The van der Waals surface area contributed by atoms with Crippen molar-refractivity contribution in [3.05, 3.63) is 48.0 Å². The van der Waals surface area contributed by atoms with Crippen molar-refractivity contribution < 1.29 is 27.8 Å². The molecule has 35 heavy (non-hydrogen) atoms. The van der Waals surface area contributed by atoms with Crippen molar-refractivity contribution in [3.8, 4) is 5.75 Å². The number of hydrogen-bond acceptors (Lipinski definition) is 5. The molecule has 0 radical (unpaired) electrons. The smallest absolute Gasteiger partial charge is 0.406 e. The fourth-order valence-electron chi connectivity index (χ4n) is 4.95. The summed E-state index contributed by atoms with van der Waals surface area (Å²) in [5, 5.41) is 14.9. The summed E-state index contributed by atoms with van der Waals surface area (Å²) < 4.78 is 43.5. The molecule has 1 aliphatic rings. The topological polar surface area (TPSA) is 88.4 Å². The van der Waals surface area contributed by atoms with Gasteiger partial charge >= 0.3 is 6.36 Å². The number of carbonyl (C=O) groups excluding carboxylic acids is 1. The van der Waals surface area contributed by atoms with Gasteiger partial charge < -0.3 is 25.0 Å². The Labute approximate surface area is 201 Å². The molecule has 10 heteroatoms. The van der Waals surface area contributed by atoms with Gasteiger partial charge in [0.25, 0.3) is 5.91 Å². The van der Waals surface area contributed by atoms with Crippen LogP contribution in [0.2, 0.25) is 0 Å². The SMILES string of the molecule is CC1CC(C)CC(n2c(Nc3ccc(OC(F)(F)F)cc3)nc3ccc(C(=O)NCCO)cc32)C1. The number of aliphatic hydroxyl groups is 1. The normalized spacial score (nSPS) is 20.6. The zero-order chi connectivity index (χ0) is 25.2. The van der Waals surface area contributed by atoms with E-state index in [0.29, 0.717) is 34.6 Å². The first-order valence-corrected chi connectivity index (χ1v) is 11.7. The average Bonchev–Trinajstić information content (AvgIpc) is 3.14. The van der Waals surface area contributed by atoms with E-state index in [1.54, 1.807) is 18.2 Å². The molecule has 0 saturated heterocycles. The molecule has 1 aliphatic carbocycles. The van der Waals surface area contributed by atoms with Crippen molar-refractivity contribution in [1.82, 2.24) is 14.9 Å². The van der Waals surface area contributed by atoms with Crippen molar-refractivity contribution >= 4 is 28.6 Å². The predicted molar refractivity (Wildman–Crippen MR) is 127 cm³/mol. The molecule has 2 unspecified atom stereocenters. The van der Waals surface area contributed by atoms with Gasteiger partial charge in [-0.05, 0) is 73.6 Å². The molecule has 1 heterocycles. The lowest BCUT2D eigenvalue weighted by Gasteiger charge is -2.33. The molecular weight excluding hydrogens is 461 g/mol. The Hall–Kier alpha value is -3.27. The molecule has 2 aromatic carbocycles. The highest BCUT2D eigenvalue weighted by molar-refractivity contribution is 5.97. The molecule has 4 rings (SSSR count). The van der Waals surface area contributed by atoms with Gasteiger partial charge in [-0.1, -0.05) is 13.8 Å². The van der Waals surface area contributed by atoms with Crippen LogP contribution >= 0.6 is 0 Å². The van der Waals surface area contributed by atoms with Crippen LogP contribution in [-0.2, 0) is 0 Å². The van der Waals surface area contributed by atoms with Gasteiger partial charge in [-0.3, -0.25) is 4.79 Å². The van der Waals surface area contributed by atoms with Crippen LogP contribution in [-0.4, -0.2) is 40.1 Å². The van der Waals surface area contributed by atoms with Crippen LogP contribution in [0, 0.1) is 11.8 Å². The standard InChI is InChI=1S/C25H29F3N4O3/c1-15-11-16(2)13-19(12-15)32-22-14-17(23(34)29-9-10-33)3-8-21(22)31-24(32)30-18-4-6-20(7-5-18)35-25(26,27)28/h3-8,14-16,19,33H,9-13H2,1-2H3,(H,29,34)(H,30,31). The molecule has 1 saturated carbocycles. The molecule has 0 aliphatic heterocycles. The Morgan fingerprint density at radius 1 is 1.11 bits per heavy atom. The van der Waals surface area contributed by atoms with Crippen molar-refractivity contribution in [3.63, 3.8) is 0 Å². The summed E-state index contributed by atoms with van der Waals surface area (Å²) in [6, 6.07) is 10.9. The second-order valence-electron chi connectivity index (χ2n) is 9.26. The first-order chi connectivity index (χ1) is 16.6. The quantitative estimate of drug-likeness (QED) is 0.413. The molecule has 1 aromatic heterocycles. The highest BCUT2D eigenvalue weighted by Gasteiger charge is 2.31. The maximum atomic E-state index is 12.5. The fourth-order valence-corrected chi connectivity index (χ4v) is 4.95. The van der Waals surface area contributed by atoms with E-state index in [1.807, 2.05) is 0 Å². The summed E-state index contributed by atoms with van der Waals surface area (Å²) in [6.45, 7) is 4.46. The van der Waals surface area contributed by atoms with E-state index in [4.69, 9.17) is 10.1 Å². The third-order valence-electron chi connectivity index (χ3n) is 6.21. The van der Waals surface area contributed by atoms with E-state index in [0.717, 1.165) is 24.8 Å². The van der Waals surface area contributed by atoms with Crippen molar-refractivity contribution in [2.45, 2.75) is 45.5 Å². The number of alkyl halides is 3. The largest absolute Gasteiger partial charge is 0.573 e. The highest BCUT2D eigenvalue weighted by atomic mass is 19.4. The van der Waals surface area contributed by atoms with Crippen molar-refractivity contribution in [2.24, 2.45) is 11.8 Å². The monoisotopic (exact) mass is 490 g/mol. The lowest BCUT2D eigenvalue weighted by molar-refractivity contribution is -0.274. The van der Waals surface area contributed by atoms with Crippen LogP contribution in [0.25, 0.3) is 11.0 Å². The minimum absolute atomic E-state index is 0.143. The summed E-state index contributed by atoms with van der Waals surface area (Å²) >= 11 is 0. The Balaban J connectivity index is 1.70. The molecule has 7 nitrogen and oxygen atoms in total. The second-order valence-corrected chi connectivity index (χ2v) is 9.26. The number of nitrogens with one attached hydrogen (secondary N) is 2. The molecule has 1 fully saturated rings. The Morgan fingerprint density at radius 3 is 2.43 bits per heavy atom. The van der Waals surface area contributed by atoms with Gasteiger partial charge in [0.15, 0.2) is 0 Å². The average molecular weight is 491 g/mol. The lowest BCUT2D eigenvalue weighted by Crippen LogP contribution is -2.26. The Morgan fingerprint density at radius 2 is 1.80 bits per heavy atom. The second kappa shape index (κ2) is 10.2. The van der Waals surface area contributed by atoms with Crippen LogP contribution in [0.5, 0.6) is 5.75 Å². The minimum Gasteiger partial charge on any atom is -0.406 e. The number of anilines is 2. The summed E-state index contributed by atoms with van der Waals surface area (Å²) in [6.07, 6.45) is -1.71. The number of halogens is 3. The van der Waals surface area contributed by atoms with Gasteiger partial charge in [0.2, 0.25) is 5.95 Å². The van der Waals surface area contributed by atoms with Gasteiger partial charge in [-0.2, -0.15) is 0 Å². The number of imidazole rings is 1. The van der Waals surface area contributed by atoms with Crippen LogP contribution in [0.3, 0.4) is 0 Å². The Kier molecular flexibility index (Phi) is 7.20. The van der Waals surface area contributed by atoms with E-state index < -0.39 is 6.36 Å². The molecule has 188 valence electrons. The maximum Gasteiger partial charge on any atom is 0.573 e. The van der Waals surface area contributed by atoms with Gasteiger partial charge in [-0.15, -0.1) is 13.2 Å². The lowest BCUT2D eigenvalue weighted by atomic mass is 9.80. The van der Waals surface area contributed by atoms with Gasteiger partial charge in [0, 0.05) is 23.8 Å². The van der Waals surface area contributed by atoms with Crippen LogP contribution in [0.1, 0.15) is 49.5 Å². The number of benzene rings is 2. The number of nitrogens with zero attached hydrogens (tertiary/aromatic N) is 2. The van der Waals surface area contributed by atoms with E-state index in [2.05, 4.69) is 33.8 Å². The first-order valence-electron chi connectivity index (χ1n) is 11.7. The van der Waals surface area contributed by atoms with Crippen LogP contribution in [0.15, 0.2) is 42.5 Å². The predicted octanol–water partition coefficient (Wildman–Crippen LogP) is 5.40. The number of hydrogen-bond donors (Lipinski definition) is 3. The fraction of sp³-hybridized carbons (Fsp3) is 0.440. The van der Waals surface area contributed by atoms with E-state index in [1.165, 1.54) is 24.3 Å². The minimum atomic E-state index is -4.75. The molecule has 3 aromatic rings. The summed E-state index contributed by atoms with van der Waals surface area (Å²) in [4.78, 5) is 17.3. The molecule has 0 bridgehead atoms. The maximum absolute atomic E-state index is 12.5. The van der Waals surface area contributed by atoms with E-state index >= 15 is 0 Å². The van der Waals surface area contributed by atoms with Crippen LogP contribution in [0.4, 0.5) is 24.8 Å². The zero-order valence-electron chi connectivity index (χ0n) is 19.6. The number of carbonyl (C=O) groups is 1. The highest BCUT2D eigenvalue weighted by Crippen LogP contribution is 2.40. The summed E-state index contributed by atoms with van der Waals surface area (Å²) in [5.74, 6) is 1.01. The number of amides is 1. The number of aliphatic hydroxyl groups excluding tert-OH is 1. The molecule has 1 amide bonds. The van der Waals surface area contributed by atoms with Crippen LogP contribution < -0.4 is 15.4 Å². The number of fused-ring (bicyclic) bond motifs is 1. The number of rotatable bonds is 7. The van der Waals surface area contributed by atoms with Crippen molar-refractivity contribution in [1.29, 1.82) is 0 Å². The number of aromatic nitrogens is 2. The van der Waals surface area contributed by atoms with Crippen molar-refractivity contribution in [2.75, 3.05) is 18.5 Å². The zero-order valence-corrected chi connectivity index (χ0v) is 19.6. The number of ether oxygens (including phenoxy) is 1. The van der Waals surface area contributed by atoms with Gasteiger partial charge in [0.05, 0.1) is 17.6 Å². The molecule has 0 spiro atoms. The third-order valence-corrected chi connectivity index (χ3v) is 6.21. The summed E-state index contributed by atoms with van der Waals surface area (Å²) in [7, 11) is 0. The van der Waals surface area contributed by atoms with Gasteiger partial charge in [0.1, 0.15) is 5.75 Å². The third kappa shape index (κ3) is 6.05.